The second-order valence-corrected chi connectivity index (χ2v) is 4.27. The summed E-state index contributed by atoms with van der Waals surface area (Å²) in [5, 5.41) is 11.9. The van der Waals surface area contributed by atoms with Crippen molar-refractivity contribution in [3.8, 4) is 5.75 Å². The van der Waals surface area contributed by atoms with Crippen molar-refractivity contribution in [2.45, 2.75) is 13.0 Å². The van der Waals surface area contributed by atoms with Gasteiger partial charge >= 0.3 is 12.0 Å². The molecule has 1 aliphatic rings. The quantitative estimate of drug-likeness (QED) is 0.866. The topological polar surface area (TPSA) is 88.0 Å². The van der Waals surface area contributed by atoms with Gasteiger partial charge in [-0.25, -0.2) is 9.79 Å². The molecule has 0 fully saturated rings. The maximum atomic E-state index is 11.4. The first-order chi connectivity index (χ1) is 9.02. The molecule has 0 aromatic heterocycles. The van der Waals surface area contributed by atoms with Gasteiger partial charge in [0.1, 0.15) is 11.7 Å². The van der Waals surface area contributed by atoms with E-state index in [4.69, 9.17) is 4.74 Å². The molecule has 2 N–H and O–H groups in total. The average molecular weight is 262 g/mol. The molecular formula is C13H14N2O4. The van der Waals surface area contributed by atoms with Gasteiger partial charge in [-0.2, -0.15) is 0 Å². The van der Waals surface area contributed by atoms with Crippen LogP contribution in [0.2, 0.25) is 0 Å². The third kappa shape index (κ3) is 2.57. The molecule has 2 atom stereocenters. The molecule has 2 amide bonds. The lowest BCUT2D eigenvalue weighted by molar-refractivity contribution is -0.140. The zero-order chi connectivity index (χ0) is 14.0. The lowest BCUT2D eigenvalue weighted by Crippen LogP contribution is -2.43. The Morgan fingerprint density at radius 1 is 1.37 bits per heavy atom. The van der Waals surface area contributed by atoms with E-state index in [2.05, 4.69) is 10.3 Å². The summed E-state index contributed by atoms with van der Waals surface area (Å²) in [5.74, 6) is -1.20. The minimum Gasteiger partial charge on any atom is -0.497 e. The van der Waals surface area contributed by atoms with E-state index in [0.29, 0.717) is 17.0 Å². The first kappa shape index (κ1) is 13.1. The van der Waals surface area contributed by atoms with Crippen molar-refractivity contribution in [1.29, 1.82) is 0 Å². The van der Waals surface area contributed by atoms with Gasteiger partial charge < -0.3 is 15.2 Å². The highest BCUT2D eigenvalue weighted by molar-refractivity contribution is 6.07. The smallest absolute Gasteiger partial charge is 0.341 e. The van der Waals surface area contributed by atoms with Gasteiger partial charge in [0.2, 0.25) is 0 Å². The first-order valence-corrected chi connectivity index (χ1v) is 5.75. The minimum atomic E-state index is -1.01. The third-order valence-corrected chi connectivity index (χ3v) is 3.08. The highest BCUT2D eigenvalue weighted by Gasteiger charge is 2.36. The van der Waals surface area contributed by atoms with Crippen molar-refractivity contribution in [3.05, 3.63) is 29.8 Å². The number of carboxylic acids is 1. The van der Waals surface area contributed by atoms with Gasteiger partial charge in [-0.15, -0.1) is 0 Å². The first-order valence-electron chi connectivity index (χ1n) is 5.75. The van der Waals surface area contributed by atoms with Gasteiger partial charge in [0.15, 0.2) is 0 Å². The summed E-state index contributed by atoms with van der Waals surface area (Å²) in [6, 6.07) is 5.78. The fraction of sp³-hybridized carbons (Fsp3) is 0.308. The van der Waals surface area contributed by atoms with Crippen molar-refractivity contribution >= 4 is 17.7 Å². The molecule has 1 aliphatic heterocycles. The molecule has 1 heterocycles. The number of urea groups is 1. The predicted molar refractivity (Wildman–Crippen MR) is 68.5 cm³/mol. The molecule has 2 unspecified atom stereocenters. The van der Waals surface area contributed by atoms with Crippen LogP contribution in [-0.4, -0.2) is 29.9 Å². The maximum Gasteiger partial charge on any atom is 0.341 e. The van der Waals surface area contributed by atoms with E-state index in [0.717, 1.165) is 0 Å². The lowest BCUT2D eigenvalue weighted by atomic mass is 9.88. The monoisotopic (exact) mass is 262 g/mol. The van der Waals surface area contributed by atoms with Gasteiger partial charge in [0.25, 0.3) is 0 Å². The number of carbonyl (C=O) groups is 2. The SMILES string of the molecule is COc1ccc(C2NC(=O)N=C(C)C2C(=O)O)cc1. The number of nitrogens with zero attached hydrogens (tertiary/aromatic N) is 1. The van der Waals surface area contributed by atoms with Crippen LogP contribution in [0, 0.1) is 5.92 Å². The van der Waals surface area contributed by atoms with Crippen LogP contribution in [0.15, 0.2) is 29.3 Å². The summed E-state index contributed by atoms with van der Waals surface area (Å²) < 4.78 is 5.05. The maximum absolute atomic E-state index is 11.4. The largest absolute Gasteiger partial charge is 0.497 e. The molecule has 6 nitrogen and oxygen atoms in total. The van der Waals surface area contributed by atoms with Gasteiger partial charge in [-0.3, -0.25) is 4.79 Å². The van der Waals surface area contributed by atoms with Crippen LogP contribution in [0.4, 0.5) is 4.79 Å². The van der Waals surface area contributed by atoms with Crippen LogP contribution < -0.4 is 10.1 Å². The lowest BCUT2D eigenvalue weighted by Gasteiger charge is -2.28. The number of carbonyl (C=O) groups excluding carboxylic acids is 1. The number of hydrogen-bond donors (Lipinski definition) is 2. The zero-order valence-corrected chi connectivity index (χ0v) is 10.6. The van der Waals surface area contributed by atoms with E-state index in [1.54, 1.807) is 38.3 Å². The minimum absolute atomic E-state index is 0.303. The highest BCUT2D eigenvalue weighted by atomic mass is 16.5. The zero-order valence-electron chi connectivity index (χ0n) is 10.6. The number of ether oxygens (including phenoxy) is 1. The number of carboxylic acid groups (broad SMARTS) is 1. The van der Waals surface area contributed by atoms with Crippen LogP contribution in [0.25, 0.3) is 0 Å². The van der Waals surface area contributed by atoms with Crippen molar-refractivity contribution in [3.63, 3.8) is 0 Å². The Morgan fingerprint density at radius 3 is 2.53 bits per heavy atom. The Balaban J connectivity index is 2.37. The molecule has 1 aromatic carbocycles. The molecule has 0 saturated heterocycles. The number of methoxy groups -OCH3 is 1. The van der Waals surface area contributed by atoms with E-state index < -0.39 is 24.0 Å². The summed E-state index contributed by atoms with van der Waals surface area (Å²) >= 11 is 0. The van der Waals surface area contributed by atoms with Crippen LogP contribution in [0.5, 0.6) is 5.75 Å². The highest BCUT2D eigenvalue weighted by Crippen LogP contribution is 2.28. The molecule has 0 saturated carbocycles. The van der Waals surface area contributed by atoms with Gasteiger partial charge in [0, 0.05) is 5.71 Å². The summed E-state index contributed by atoms with van der Waals surface area (Å²) in [7, 11) is 1.55. The third-order valence-electron chi connectivity index (χ3n) is 3.08. The summed E-state index contributed by atoms with van der Waals surface area (Å²) in [6.45, 7) is 1.55. The van der Waals surface area contributed by atoms with Gasteiger partial charge in [-0.05, 0) is 24.6 Å². The molecule has 19 heavy (non-hydrogen) atoms. The molecule has 0 radical (unpaired) electrons. The van der Waals surface area contributed by atoms with E-state index in [1.807, 2.05) is 0 Å². The van der Waals surface area contributed by atoms with E-state index in [9.17, 15) is 14.7 Å². The normalized spacial score (nSPS) is 22.4. The van der Waals surface area contributed by atoms with Crippen LogP contribution >= 0.6 is 0 Å². The Kier molecular flexibility index (Phi) is 3.50. The summed E-state index contributed by atoms with van der Waals surface area (Å²) in [6.07, 6.45) is 0. The van der Waals surface area contributed by atoms with E-state index in [-0.39, 0.29) is 0 Å². The Hall–Kier alpha value is -2.37. The molecule has 2 rings (SSSR count). The molecule has 100 valence electrons. The number of rotatable bonds is 3. The number of hydrogen-bond acceptors (Lipinski definition) is 3. The number of aliphatic carboxylic acids is 1. The van der Waals surface area contributed by atoms with E-state index >= 15 is 0 Å². The van der Waals surface area contributed by atoms with Crippen molar-refractivity contribution < 1.29 is 19.4 Å². The van der Waals surface area contributed by atoms with Crippen molar-refractivity contribution in [2.75, 3.05) is 7.11 Å². The molecule has 0 aliphatic carbocycles. The Morgan fingerprint density at radius 2 is 2.00 bits per heavy atom. The molecule has 1 aromatic rings. The Labute approximate surface area is 110 Å². The number of amides is 2. The van der Waals surface area contributed by atoms with Crippen molar-refractivity contribution in [1.82, 2.24) is 5.32 Å². The molecule has 6 heteroatoms. The Bertz CT molecular complexity index is 536. The standard InChI is InChI=1S/C13H14N2O4/c1-7-10(12(16)17)11(15-13(18)14-7)8-3-5-9(19-2)6-4-8/h3-6,10-11H,1-2H3,(H,15,18)(H,16,17). The second kappa shape index (κ2) is 5.09. The van der Waals surface area contributed by atoms with E-state index in [1.165, 1.54) is 0 Å². The fourth-order valence-corrected chi connectivity index (χ4v) is 2.13. The van der Waals surface area contributed by atoms with Crippen LogP contribution in [-0.2, 0) is 4.79 Å². The molecule has 0 spiro atoms. The fourth-order valence-electron chi connectivity index (χ4n) is 2.13. The predicted octanol–water partition coefficient (Wildman–Crippen LogP) is 1.62. The van der Waals surface area contributed by atoms with Crippen molar-refractivity contribution in [2.24, 2.45) is 10.9 Å². The number of nitrogens with one attached hydrogen (secondary N) is 1. The molecule has 0 bridgehead atoms. The van der Waals surface area contributed by atoms with Crippen LogP contribution in [0.1, 0.15) is 18.5 Å². The summed E-state index contributed by atoms with van der Waals surface area (Å²) in [4.78, 5) is 26.4. The molecular weight excluding hydrogens is 248 g/mol. The number of benzene rings is 1. The van der Waals surface area contributed by atoms with Gasteiger partial charge in [-0.1, -0.05) is 12.1 Å². The van der Waals surface area contributed by atoms with Crippen LogP contribution in [0.3, 0.4) is 0 Å². The number of aliphatic imine (C=N–C) groups is 1. The summed E-state index contributed by atoms with van der Waals surface area (Å²) in [5.41, 5.74) is 1.01. The van der Waals surface area contributed by atoms with Gasteiger partial charge in [0.05, 0.1) is 13.2 Å². The average Bonchev–Trinajstić information content (AvgIpc) is 2.37. The second-order valence-electron chi connectivity index (χ2n) is 4.27.